The van der Waals surface area contributed by atoms with Crippen molar-refractivity contribution in [2.24, 2.45) is 0 Å². The number of anilines is 1. The van der Waals surface area contributed by atoms with Gasteiger partial charge in [0.1, 0.15) is 6.54 Å². The molecule has 0 saturated carbocycles. The van der Waals surface area contributed by atoms with Gasteiger partial charge in [0.2, 0.25) is 5.91 Å². The first-order chi connectivity index (χ1) is 12.4. The van der Waals surface area contributed by atoms with Gasteiger partial charge in [-0.25, -0.2) is 4.79 Å². The number of amides is 1. The van der Waals surface area contributed by atoms with Gasteiger partial charge in [-0.15, -0.1) is 0 Å². The van der Waals surface area contributed by atoms with Crippen LogP contribution in [0, 0.1) is 0 Å². The number of carbonyl (C=O) groups is 2. The third kappa shape index (κ3) is 4.41. The van der Waals surface area contributed by atoms with E-state index in [-0.39, 0.29) is 18.0 Å². The summed E-state index contributed by atoms with van der Waals surface area (Å²) in [4.78, 5) is 22.8. The summed E-state index contributed by atoms with van der Waals surface area (Å²) in [6.07, 6.45) is 5.66. The number of carboxylic acids is 1. The number of aromatic nitrogens is 4. The molecule has 1 amide bonds. The Hall–Kier alpha value is -2.84. The highest BCUT2D eigenvalue weighted by Gasteiger charge is 2.10. The highest BCUT2D eigenvalue weighted by molar-refractivity contribution is 6.42. The topological polar surface area (TPSA) is 102 Å². The molecule has 134 valence electrons. The summed E-state index contributed by atoms with van der Waals surface area (Å²) in [5, 5.41) is 20.5. The number of carbonyl (C=O) groups excluding carboxylic acids is 1. The number of aromatic carboxylic acids is 1. The lowest BCUT2D eigenvalue weighted by molar-refractivity contribution is -0.116. The minimum Gasteiger partial charge on any atom is -0.478 e. The smallest absolute Gasteiger partial charge is 0.338 e. The molecule has 8 nitrogen and oxygen atoms in total. The van der Waals surface area contributed by atoms with Crippen LogP contribution in [0.15, 0.2) is 43.0 Å². The normalized spacial score (nSPS) is 10.7. The third-order valence-corrected chi connectivity index (χ3v) is 4.17. The molecule has 2 aromatic heterocycles. The van der Waals surface area contributed by atoms with Crippen molar-refractivity contribution >= 4 is 40.8 Å². The minimum absolute atomic E-state index is 0.0206. The molecule has 0 unspecified atom stereocenters. The van der Waals surface area contributed by atoms with Crippen LogP contribution in [0.1, 0.15) is 15.9 Å². The minimum atomic E-state index is -1.10. The SMILES string of the molecule is O=C(Cn1cc(C(=O)O)cn1)Nc1cnn(Cc2ccc(Cl)c(Cl)c2)c1. The number of nitrogens with zero attached hydrogens (tertiary/aromatic N) is 4. The van der Waals surface area contributed by atoms with Crippen molar-refractivity contribution in [1.82, 2.24) is 19.6 Å². The van der Waals surface area contributed by atoms with E-state index in [2.05, 4.69) is 15.5 Å². The fourth-order valence-corrected chi connectivity index (χ4v) is 2.57. The molecule has 1 aromatic carbocycles. The second-order valence-corrected chi connectivity index (χ2v) is 6.27. The van der Waals surface area contributed by atoms with Gasteiger partial charge >= 0.3 is 5.97 Å². The summed E-state index contributed by atoms with van der Waals surface area (Å²) in [5.74, 6) is -1.45. The Morgan fingerprint density at radius 3 is 2.54 bits per heavy atom. The van der Waals surface area contributed by atoms with E-state index in [1.54, 1.807) is 23.0 Å². The molecule has 0 aliphatic heterocycles. The van der Waals surface area contributed by atoms with Crippen LogP contribution < -0.4 is 5.32 Å². The van der Waals surface area contributed by atoms with Crippen LogP contribution in [0.5, 0.6) is 0 Å². The molecule has 26 heavy (non-hydrogen) atoms. The maximum Gasteiger partial charge on any atom is 0.338 e. The molecule has 0 saturated heterocycles. The van der Waals surface area contributed by atoms with Gasteiger partial charge in [0.05, 0.1) is 40.2 Å². The fourth-order valence-electron chi connectivity index (χ4n) is 2.25. The molecule has 2 heterocycles. The van der Waals surface area contributed by atoms with E-state index in [1.165, 1.54) is 23.3 Å². The monoisotopic (exact) mass is 393 g/mol. The molecule has 0 bridgehead atoms. The number of nitrogens with one attached hydrogen (secondary N) is 1. The summed E-state index contributed by atoms with van der Waals surface area (Å²) >= 11 is 11.9. The Morgan fingerprint density at radius 2 is 1.85 bits per heavy atom. The number of rotatable bonds is 6. The van der Waals surface area contributed by atoms with Gasteiger partial charge < -0.3 is 10.4 Å². The third-order valence-electron chi connectivity index (χ3n) is 3.43. The van der Waals surface area contributed by atoms with Crippen LogP contribution in [0.2, 0.25) is 10.0 Å². The number of halogens is 2. The number of benzene rings is 1. The van der Waals surface area contributed by atoms with E-state index in [1.807, 2.05) is 6.07 Å². The summed E-state index contributed by atoms with van der Waals surface area (Å²) in [7, 11) is 0. The van der Waals surface area contributed by atoms with E-state index >= 15 is 0 Å². The van der Waals surface area contributed by atoms with Crippen LogP contribution in [-0.4, -0.2) is 36.5 Å². The lowest BCUT2D eigenvalue weighted by atomic mass is 10.2. The summed E-state index contributed by atoms with van der Waals surface area (Å²) in [6.45, 7) is 0.360. The van der Waals surface area contributed by atoms with Gasteiger partial charge in [0, 0.05) is 12.4 Å². The standard InChI is InChI=1S/C16H13Cl2N5O3/c17-13-2-1-10(3-14(13)18)6-22-8-12(5-20-22)21-15(24)9-23-7-11(4-19-23)16(25)26/h1-5,7-8H,6,9H2,(H,21,24)(H,25,26). The Labute approximate surface area is 157 Å². The quantitative estimate of drug-likeness (QED) is 0.670. The van der Waals surface area contributed by atoms with Crippen molar-refractivity contribution in [3.05, 3.63) is 64.2 Å². The van der Waals surface area contributed by atoms with Crippen LogP contribution in [0.4, 0.5) is 5.69 Å². The lowest BCUT2D eigenvalue weighted by Gasteiger charge is -2.04. The second kappa shape index (κ2) is 7.59. The average Bonchev–Trinajstić information content (AvgIpc) is 3.21. The highest BCUT2D eigenvalue weighted by atomic mass is 35.5. The molecule has 3 rings (SSSR count). The Kier molecular flexibility index (Phi) is 5.24. The van der Waals surface area contributed by atoms with Crippen molar-refractivity contribution in [2.45, 2.75) is 13.1 Å². The highest BCUT2D eigenvalue weighted by Crippen LogP contribution is 2.23. The van der Waals surface area contributed by atoms with Crippen LogP contribution >= 0.6 is 23.2 Å². The maximum absolute atomic E-state index is 12.0. The Balaban J connectivity index is 1.59. The molecule has 0 aliphatic carbocycles. The van der Waals surface area contributed by atoms with Gasteiger partial charge in [-0.2, -0.15) is 10.2 Å². The van der Waals surface area contributed by atoms with Crippen molar-refractivity contribution in [3.8, 4) is 0 Å². The van der Waals surface area contributed by atoms with E-state index in [0.29, 0.717) is 22.3 Å². The summed E-state index contributed by atoms with van der Waals surface area (Å²) in [5.41, 5.74) is 1.45. The number of hydrogen-bond acceptors (Lipinski definition) is 4. The van der Waals surface area contributed by atoms with Crippen molar-refractivity contribution in [2.75, 3.05) is 5.32 Å². The first-order valence-corrected chi connectivity index (χ1v) is 8.18. The van der Waals surface area contributed by atoms with Crippen molar-refractivity contribution in [1.29, 1.82) is 0 Å². The molecule has 0 aliphatic rings. The summed E-state index contributed by atoms with van der Waals surface area (Å²) in [6, 6.07) is 5.30. The van der Waals surface area contributed by atoms with E-state index in [9.17, 15) is 9.59 Å². The summed E-state index contributed by atoms with van der Waals surface area (Å²) < 4.78 is 2.89. The predicted octanol–water partition coefficient (Wildman–Crippen LogP) is 2.77. The molecular formula is C16H13Cl2N5O3. The van der Waals surface area contributed by atoms with Crippen LogP contribution in [0.3, 0.4) is 0 Å². The molecule has 0 fully saturated rings. The maximum atomic E-state index is 12.0. The number of carboxylic acid groups (broad SMARTS) is 1. The van der Waals surface area contributed by atoms with Gasteiger partial charge in [-0.05, 0) is 17.7 Å². The largest absolute Gasteiger partial charge is 0.478 e. The van der Waals surface area contributed by atoms with Crippen LogP contribution in [-0.2, 0) is 17.9 Å². The predicted molar refractivity (Wildman–Crippen MR) is 95.6 cm³/mol. The molecule has 3 aromatic rings. The molecule has 0 radical (unpaired) electrons. The average molecular weight is 394 g/mol. The number of hydrogen-bond donors (Lipinski definition) is 2. The van der Waals surface area contributed by atoms with Crippen molar-refractivity contribution < 1.29 is 14.7 Å². The van der Waals surface area contributed by atoms with Gasteiger partial charge in [0.25, 0.3) is 0 Å². The van der Waals surface area contributed by atoms with Crippen molar-refractivity contribution in [3.63, 3.8) is 0 Å². The fraction of sp³-hybridized carbons (Fsp3) is 0.125. The zero-order valence-corrected chi connectivity index (χ0v) is 14.8. The first-order valence-electron chi connectivity index (χ1n) is 7.42. The van der Waals surface area contributed by atoms with Gasteiger partial charge in [-0.3, -0.25) is 14.2 Å². The van der Waals surface area contributed by atoms with E-state index < -0.39 is 5.97 Å². The lowest BCUT2D eigenvalue weighted by Crippen LogP contribution is -2.18. The van der Waals surface area contributed by atoms with Gasteiger partial charge in [0.15, 0.2) is 0 Å². The van der Waals surface area contributed by atoms with E-state index in [0.717, 1.165) is 5.56 Å². The molecule has 10 heteroatoms. The zero-order chi connectivity index (χ0) is 18.7. The Morgan fingerprint density at radius 1 is 1.08 bits per heavy atom. The van der Waals surface area contributed by atoms with Gasteiger partial charge in [-0.1, -0.05) is 29.3 Å². The second-order valence-electron chi connectivity index (χ2n) is 5.45. The molecule has 0 spiro atoms. The van der Waals surface area contributed by atoms with E-state index in [4.69, 9.17) is 28.3 Å². The molecule has 0 atom stereocenters. The molecular weight excluding hydrogens is 381 g/mol. The van der Waals surface area contributed by atoms with Crippen LogP contribution in [0.25, 0.3) is 0 Å². The zero-order valence-electron chi connectivity index (χ0n) is 13.3. The Bertz CT molecular complexity index is 966. The molecule has 2 N–H and O–H groups in total. The first kappa shape index (κ1) is 18.0.